The predicted octanol–water partition coefficient (Wildman–Crippen LogP) is 0.868. The van der Waals surface area contributed by atoms with Crippen LogP contribution in [0.2, 0.25) is 0 Å². The van der Waals surface area contributed by atoms with Gasteiger partial charge >= 0.3 is 0 Å². The molecule has 0 saturated carbocycles. The van der Waals surface area contributed by atoms with Gasteiger partial charge in [-0.1, -0.05) is 5.16 Å². The number of nitrogens with two attached hydrogens (primary N) is 1. The van der Waals surface area contributed by atoms with Crippen LogP contribution in [0.3, 0.4) is 0 Å². The summed E-state index contributed by atoms with van der Waals surface area (Å²) >= 11 is 0. The Labute approximate surface area is 91.9 Å². The summed E-state index contributed by atoms with van der Waals surface area (Å²) in [6.45, 7) is 7.51. The van der Waals surface area contributed by atoms with Gasteiger partial charge in [0.2, 0.25) is 0 Å². The third kappa shape index (κ3) is 5.59. The van der Waals surface area contributed by atoms with Crippen LogP contribution < -0.4 is 5.73 Å². The van der Waals surface area contributed by atoms with E-state index in [0.29, 0.717) is 18.6 Å². The molecule has 90 valence electrons. The lowest BCUT2D eigenvalue weighted by Crippen LogP contribution is -2.44. The number of rotatable bonds is 7. The molecule has 0 aromatic carbocycles. The van der Waals surface area contributed by atoms with Gasteiger partial charge in [-0.15, -0.1) is 0 Å². The van der Waals surface area contributed by atoms with Crippen LogP contribution in [-0.4, -0.2) is 48.3 Å². The molecule has 0 aromatic rings. The Morgan fingerprint density at radius 3 is 2.47 bits per heavy atom. The Hall–Kier alpha value is -0.810. The van der Waals surface area contributed by atoms with Gasteiger partial charge in [0, 0.05) is 25.8 Å². The Balaban J connectivity index is 4.25. The number of methoxy groups -OCH3 is 1. The van der Waals surface area contributed by atoms with Gasteiger partial charge in [0.05, 0.1) is 6.54 Å². The van der Waals surface area contributed by atoms with Crippen LogP contribution in [0, 0.1) is 0 Å². The molecule has 15 heavy (non-hydrogen) atoms. The molecule has 5 nitrogen and oxygen atoms in total. The lowest BCUT2D eigenvalue weighted by molar-refractivity contribution is 0.128. The molecule has 0 amide bonds. The second-order valence-corrected chi connectivity index (χ2v) is 3.99. The van der Waals surface area contributed by atoms with Gasteiger partial charge in [-0.3, -0.25) is 4.90 Å². The van der Waals surface area contributed by atoms with Crippen molar-refractivity contribution in [2.75, 3.05) is 20.3 Å². The minimum Gasteiger partial charge on any atom is -0.409 e. The average molecular weight is 217 g/mol. The lowest BCUT2D eigenvalue weighted by Gasteiger charge is -2.32. The van der Waals surface area contributed by atoms with E-state index in [2.05, 4.69) is 30.8 Å². The van der Waals surface area contributed by atoms with Crippen molar-refractivity contribution >= 4 is 5.84 Å². The minimum atomic E-state index is 0.243. The number of hydrogen-bond acceptors (Lipinski definition) is 4. The zero-order chi connectivity index (χ0) is 11.8. The van der Waals surface area contributed by atoms with E-state index in [0.717, 1.165) is 13.0 Å². The Morgan fingerprint density at radius 1 is 1.47 bits per heavy atom. The smallest absolute Gasteiger partial charge is 0.153 e. The molecular weight excluding hydrogens is 194 g/mol. The van der Waals surface area contributed by atoms with Crippen LogP contribution in [0.4, 0.5) is 0 Å². The monoisotopic (exact) mass is 217 g/mol. The molecule has 0 spiro atoms. The molecule has 1 unspecified atom stereocenters. The number of amidine groups is 1. The van der Waals surface area contributed by atoms with Gasteiger partial charge in [0.15, 0.2) is 5.84 Å². The molecule has 0 fully saturated rings. The largest absolute Gasteiger partial charge is 0.409 e. The van der Waals surface area contributed by atoms with Crippen molar-refractivity contribution in [2.45, 2.75) is 39.3 Å². The molecule has 0 aliphatic rings. The van der Waals surface area contributed by atoms with Crippen LogP contribution in [0.25, 0.3) is 0 Å². The van der Waals surface area contributed by atoms with Gasteiger partial charge in [-0.25, -0.2) is 0 Å². The minimum absolute atomic E-state index is 0.243. The van der Waals surface area contributed by atoms with E-state index in [-0.39, 0.29) is 5.84 Å². The SMILES string of the molecule is COCCC(C)N(CC(N)=NO)C(C)C. The molecule has 0 aliphatic carbocycles. The standard InChI is InChI=1S/C10H23N3O2/c1-8(2)13(7-10(11)12-14)9(3)5-6-15-4/h8-9,14H,5-7H2,1-4H3,(H2,11,12). The van der Waals surface area contributed by atoms with Crippen LogP contribution in [-0.2, 0) is 4.74 Å². The molecule has 0 radical (unpaired) electrons. The second-order valence-electron chi connectivity index (χ2n) is 3.99. The average Bonchev–Trinajstić information content (AvgIpc) is 2.21. The highest BCUT2D eigenvalue weighted by molar-refractivity contribution is 5.81. The summed E-state index contributed by atoms with van der Waals surface area (Å²) in [4.78, 5) is 2.17. The summed E-state index contributed by atoms with van der Waals surface area (Å²) in [6, 6.07) is 0.711. The molecule has 3 N–H and O–H groups in total. The van der Waals surface area contributed by atoms with E-state index in [1.807, 2.05) is 0 Å². The summed E-state index contributed by atoms with van der Waals surface area (Å²) in [5.74, 6) is 0.243. The van der Waals surface area contributed by atoms with Gasteiger partial charge in [0.25, 0.3) is 0 Å². The van der Waals surface area contributed by atoms with Gasteiger partial charge in [0.1, 0.15) is 0 Å². The highest BCUT2D eigenvalue weighted by atomic mass is 16.5. The molecular formula is C10H23N3O2. The number of oxime groups is 1. The Morgan fingerprint density at radius 2 is 2.07 bits per heavy atom. The quantitative estimate of drug-likeness (QED) is 0.287. The number of ether oxygens (including phenoxy) is 1. The first-order valence-corrected chi connectivity index (χ1v) is 5.24. The third-order valence-electron chi connectivity index (χ3n) is 2.44. The van der Waals surface area contributed by atoms with E-state index in [1.54, 1.807) is 7.11 Å². The molecule has 0 heterocycles. The maximum Gasteiger partial charge on any atom is 0.153 e. The Kier molecular flexibility index (Phi) is 7.07. The second kappa shape index (κ2) is 7.48. The summed E-state index contributed by atoms with van der Waals surface area (Å²) in [7, 11) is 1.69. The van der Waals surface area contributed by atoms with Crippen molar-refractivity contribution in [3.63, 3.8) is 0 Å². The summed E-state index contributed by atoms with van der Waals surface area (Å²) in [5.41, 5.74) is 5.51. The fourth-order valence-electron chi connectivity index (χ4n) is 1.52. The fourth-order valence-corrected chi connectivity index (χ4v) is 1.52. The van der Waals surface area contributed by atoms with Crippen molar-refractivity contribution in [2.24, 2.45) is 10.9 Å². The van der Waals surface area contributed by atoms with Crippen molar-refractivity contribution < 1.29 is 9.94 Å². The van der Waals surface area contributed by atoms with Crippen molar-refractivity contribution in [3.8, 4) is 0 Å². The fraction of sp³-hybridized carbons (Fsp3) is 0.900. The summed E-state index contributed by atoms with van der Waals surface area (Å²) in [5, 5.41) is 11.5. The van der Waals surface area contributed by atoms with Gasteiger partial charge in [-0.2, -0.15) is 0 Å². The van der Waals surface area contributed by atoms with Crippen LogP contribution >= 0.6 is 0 Å². The van der Waals surface area contributed by atoms with Crippen LogP contribution in [0.15, 0.2) is 5.16 Å². The molecule has 0 saturated heterocycles. The summed E-state index contributed by atoms with van der Waals surface area (Å²) in [6.07, 6.45) is 0.938. The van der Waals surface area contributed by atoms with E-state index in [1.165, 1.54) is 0 Å². The van der Waals surface area contributed by atoms with E-state index in [9.17, 15) is 0 Å². The maximum absolute atomic E-state index is 8.53. The highest BCUT2D eigenvalue weighted by Gasteiger charge is 2.17. The Bertz CT molecular complexity index is 195. The molecule has 5 heteroatoms. The zero-order valence-electron chi connectivity index (χ0n) is 10.1. The molecule has 0 rings (SSSR count). The van der Waals surface area contributed by atoms with Crippen molar-refractivity contribution in [1.29, 1.82) is 0 Å². The maximum atomic E-state index is 8.53. The predicted molar refractivity (Wildman–Crippen MR) is 61.2 cm³/mol. The van der Waals surface area contributed by atoms with E-state index >= 15 is 0 Å². The third-order valence-corrected chi connectivity index (χ3v) is 2.44. The highest BCUT2D eigenvalue weighted by Crippen LogP contribution is 2.08. The van der Waals surface area contributed by atoms with Crippen molar-refractivity contribution in [1.82, 2.24) is 4.90 Å². The van der Waals surface area contributed by atoms with Gasteiger partial charge < -0.3 is 15.7 Å². The number of hydrogen-bond donors (Lipinski definition) is 2. The van der Waals surface area contributed by atoms with Crippen LogP contribution in [0.5, 0.6) is 0 Å². The van der Waals surface area contributed by atoms with Crippen LogP contribution in [0.1, 0.15) is 27.2 Å². The summed E-state index contributed by atoms with van der Waals surface area (Å²) < 4.78 is 5.04. The van der Waals surface area contributed by atoms with E-state index < -0.39 is 0 Å². The molecule has 0 aliphatic heterocycles. The first kappa shape index (κ1) is 14.2. The first-order valence-electron chi connectivity index (χ1n) is 5.24. The van der Waals surface area contributed by atoms with Gasteiger partial charge in [-0.05, 0) is 27.2 Å². The van der Waals surface area contributed by atoms with E-state index in [4.69, 9.17) is 15.7 Å². The zero-order valence-corrected chi connectivity index (χ0v) is 10.1. The molecule has 0 aromatic heterocycles. The topological polar surface area (TPSA) is 71.1 Å². The van der Waals surface area contributed by atoms with Crippen molar-refractivity contribution in [3.05, 3.63) is 0 Å². The normalized spacial score (nSPS) is 14.9. The lowest BCUT2D eigenvalue weighted by atomic mass is 10.1. The number of nitrogens with zero attached hydrogens (tertiary/aromatic N) is 2. The first-order chi connectivity index (χ1) is 7.02. The molecule has 1 atom stereocenters. The molecule has 0 bridgehead atoms.